The second-order valence-electron chi connectivity index (χ2n) is 4.69. The summed E-state index contributed by atoms with van der Waals surface area (Å²) in [5.74, 6) is 0.130. The van der Waals surface area contributed by atoms with Crippen molar-refractivity contribution in [2.24, 2.45) is 5.92 Å². The van der Waals surface area contributed by atoms with E-state index in [2.05, 4.69) is 5.32 Å². The SMILES string of the molecule is CC(C)[C@H](O)CNC(=O)OC(C)(C)C. The zero-order valence-corrected chi connectivity index (χ0v) is 9.63. The molecule has 0 aliphatic carbocycles. The Balaban J connectivity index is 3.75. The Bertz CT molecular complexity index is 184. The third kappa shape index (κ3) is 6.71. The van der Waals surface area contributed by atoms with Crippen molar-refractivity contribution in [2.75, 3.05) is 6.54 Å². The van der Waals surface area contributed by atoms with Crippen LogP contribution in [0.25, 0.3) is 0 Å². The molecule has 1 amide bonds. The Hall–Kier alpha value is -0.770. The molecule has 2 N–H and O–H groups in total. The monoisotopic (exact) mass is 203 g/mol. The number of alkyl carbamates (subject to hydrolysis) is 1. The molecule has 0 aromatic heterocycles. The molecule has 0 heterocycles. The molecule has 0 spiro atoms. The molecule has 4 nitrogen and oxygen atoms in total. The molecule has 0 saturated carbocycles. The van der Waals surface area contributed by atoms with Gasteiger partial charge in [0, 0.05) is 6.54 Å². The molecule has 0 unspecified atom stereocenters. The van der Waals surface area contributed by atoms with E-state index in [-0.39, 0.29) is 12.5 Å². The lowest BCUT2D eigenvalue weighted by atomic mass is 10.1. The van der Waals surface area contributed by atoms with Gasteiger partial charge in [-0.3, -0.25) is 0 Å². The van der Waals surface area contributed by atoms with Crippen LogP contribution < -0.4 is 5.32 Å². The Morgan fingerprint density at radius 3 is 2.29 bits per heavy atom. The maximum atomic E-state index is 11.1. The summed E-state index contributed by atoms with van der Waals surface area (Å²) >= 11 is 0. The Kier molecular flexibility index (Phi) is 4.91. The lowest BCUT2D eigenvalue weighted by molar-refractivity contribution is 0.0468. The molecule has 0 aromatic carbocycles. The smallest absolute Gasteiger partial charge is 0.407 e. The van der Waals surface area contributed by atoms with Gasteiger partial charge in [0.1, 0.15) is 5.60 Å². The van der Waals surface area contributed by atoms with E-state index in [9.17, 15) is 9.90 Å². The van der Waals surface area contributed by atoms with Crippen LogP contribution in [0.4, 0.5) is 4.79 Å². The van der Waals surface area contributed by atoms with Gasteiger partial charge in [-0.2, -0.15) is 0 Å². The quantitative estimate of drug-likeness (QED) is 0.731. The first-order valence-corrected chi connectivity index (χ1v) is 4.87. The fourth-order valence-electron chi connectivity index (χ4n) is 0.738. The van der Waals surface area contributed by atoms with Crippen LogP contribution in [0.1, 0.15) is 34.6 Å². The van der Waals surface area contributed by atoms with Crippen LogP contribution in [-0.4, -0.2) is 29.4 Å². The van der Waals surface area contributed by atoms with Crippen molar-refractivity contribution in [1.82, 2.24) is 5.32 Å². The highest BCUT2D eigenvalue weighted by molar-refractivity contribution is 5.67. The number of ether oxygens (including phenoxy) is 1. The third-order valence-corrected chi connectivity index (χ3v) is 1.62. The molecule has 0 aliphatic rings. The summed E-state index contributed by atoms with van der Waals surface area (Å²) in [6, 6.07) is 0. The number of hydrogen-bond acceptors (Lipinski definition) is 3. The van der Waals surface area contributed by atoms with Crippen molar-refractivity contribution in [1.29, 1.82) is 0 Å². The Labute approximate surface area is 85.6 Å². The molecule has 84 valence electrons. The fraction of sp³-hybridized carbons (Fsp3) is 0.900. The normalized spacial score (nSPS) is 13.9. The van der Waals surface area contributed by atoms with Crippen molar-refractivity contribution in [2.45, 2.75) is 46.3 Å². The fourth-order valence-corrected chi connectivity index (χ4v) is 0.738. The molecule has 1 atom stereocenters. The number of hydrogen-bond donors (Lipinski definition) is 2. The molecule has 0 radical (unpaired) electrons. The Morgan fingerprint density at radius 2 is 1.93 bits per heavy atom. The number of rotatable bonds is 3. The summed E-state index contributed by atoms with van der Waals surface area (Å²) in [6.07, 6.45) is -1.01. The minimum absolute atomic E-state index is 0.130. The summed E-state index contributed by atoms with van der Waals surface area (Å²) in [5.41, 5.74) is -0.493. The first-order chi connectivity index (χ1) is 6.22. The predicted molar refractivity (Wildman–Crippen MR) is 55.1 cm³/mol. The second kappa shape index (κ2) is 5.20. The van der Waals surface area contributed by atoms with E-state index in [1.54, 1.807) is 20.8 Å². The third-order valence-electron chi connectivity index (χ3n) is 1.62. The van der Waals surface area contributed by atoms with Crippen LogP contribution in [0.3, 0.4) is 0 Å². The molecule has 14 heavy (non-hydrogen) atoms. The molecule has 0 saturated heterocycles. The number of amides is 1. The van der Waals surface area contributed by atoms with Gasteiger partial charge in [-0.15, -0.1) is 0 Å². The highest BCUT2D eigenvalue weighted by atomic mass is 16.6. The Morgan fingerprint density at radius 1 is 1.43 bits per heavy atom. The van der Waals surface area contributed by atoms with Gasteiger partial charge >= 0.3 is 6.09 Å². The van der Waals surface area contributed by atoms with Crippen molar-refractivity contribution in [3.63, 3.8) is 0 Å². The van der Waals surface area contributed by atoms with Gasteiger partial charge in [-0.25, -0.2) is 4.79 Å². The average Bonchev–Trinajstić information content (AvgIpc) is 1.96. The van der Waals surface area contributed by atoms with Crippen LogP contribution in [-0.2, 0) is 4.74 Å². The number of aliphatic hydroxyl groups is 1. The van der Waals surface area contributed by atoms with Crippen LogP contribution in [0, 0.1) is 5.92 Å². The maximum absolute atomic E-state index is 11.1. The summed E-state index contributed by atoms with van der Waals surface area (Å²) in [4.78, 5) is 11.1. The molecule has 4 heteroatoms. The van der Waals surface area contributed by atoms with E-state index in [0.717, 1.165) is 0 Å². The summed E-state index contributed by atoms with van der Waals surface area (Å²) in [7, 11) is 0. The van der Waals surface area contributed by atoms with Gasteiger partial charge in [0.25, 0.3) is 0 Å². The van der Waals surface area contributed by atoms with Crippen molar-refractivity contribution in [3.8, 4) is 0 Å². The van der Waals surface area contributed by atoms with Gasteiger partial charge in [-0.1, -0.05) is 13.8 Å². The van der Waals surface area contributed by atoms with Gasteiger partial charge in [0.2, 0.25) is 0 Å². The molecule has 0 bridgehead atoms. The van der Waals surface area contributed by atoms with Crippen LogP contribution in [0.15, 0.2) is 0 Å². The van der Waals surface area contributed by atoms with Gasteiger partial charge in [-0.05, 0) is 26.7 Å². The first-order valence-electron chi connectivity index (χ1n) is 4.87. The summed E-state index contributed by atoms with van der Waals surface area (Å²) in [6.45, 7) is 9.40. The van der Waals surface area contributed by atoms with Gasteiger partial charge in [0.05, 0.1) is 6.10 Å². The number of nitrogens with one attached hydrogen (secondary N) is 1. The standard InChI is InChI=1S/C10H21NO3/c1-7(2)8(12)6-11-9(13)14-10(3,4)5/h7-8,12H,6H2,1-5H3,(H,11,13)/t8-/m1/s1. The number of carbonyl (C=O) groups is 1. The highest BCUT2D eigenvalue weighted by Gasteiger charge is 2.17. The lowest BCUT2D eigenvalue weighted by Gasteiger charge is -2.21. The minimum atomic E-state index is -0.525. The van der Waals surface area contributed by atoms with Crippen LogP contribution in [0.2, 0.25) is 0 Å². The molecule has 0 fully saturated rings. The molecular formula is C10H21NO3. The van der Waals surface area contributed by atoms with E-state index in [1.807, 2.05) is 13.8 Å². The van der Waals surface area contributed by atoms with E-state index < -0.39 is 17.8 Å². The van der Waals surface area contributed by atoms with E-state index in [0.29, 0.717) is 0 Å². The largest absolute Gasteiger partial charge is 0.444 e. The lowest BCUT2D eigenvalue weighted by Crippen LogP contribution is -2.38. The van der Waals surface area contributed by atoms with E-state index in [1.165, 1.54) is 0 Å². The molecule has 0 aromatic rings. The van der Waals surface area contributed by atoms with Crippen LogP contribution >= 0.6 is 0 Å². The maximum Gasteiger partial charge on any atom is 0.407 e. The molecule has 0 rings (SSSR count). The number of carbonyl (C=O) groups excluding carboxylic acids is 1. The van der Waals surface area contributed by atoms with E-state index >= 15 is 0 Å². The zero-order chi connectivity index (χ0) is 11.4. The van der Waals surface area contributed by atoms with Crippen molar-refractivity contribution >= 4 is 6.09 Å². The number of aliphatic hydroxyl groups excluding tert-OH is 1. The zero-order valence-electron chi connectivity index (χ0n) is 9.63. The molecule has 0 aliphatic heterocycles. The summed E-state index contributed by atoms with van der Waals surface area (Å²) < 4.78 is 5.01. The van der Waals surface area contributed by atoms with Crippen LogP contribution in [0.5, 0.6) is 0 Å². The van der Waals surface area contributed by atoms with E-state index in [4.69, 9.17) is 4.74 Å². The van der Waals surface area contributed by atoms with Crippen molar-refractivity contribution in [3.05, 3.63) is 0 Å². The summed E-state index contributed by atoms with van der Waals surface area (Å²) in [5, 5.41) is 11.9. The van der Waals surface area contributed by atoms with Gasteiger partial charge < -0.3 is 15.2 Å². The molecular weight excluding hydrogens is 182 g/mol. The minimum Gasteiger partial charge on any atom is -0.444 e. The topological polar surface area (TPSA) is 58.6 Å². The second-order valence-corrected chi connectivity index (χ2v) is 4.69. The highest BCUT2D eigenvalue weighted by Crippen LogP contribution is 2.06. The van der Waals surface area contributed by atoms with Gasteiger partial charge in [0.15, 0.2) is 0 Å². The predicted octanol–water partition coefficient (Wildman–Crippen LogP) is 1.53. The van der Waals surface area contributed by atoms with Crippen molar-refractivity contribution < 1.29 is 14.6 Å². The first kappa shape index (κ1) is 13.2. The average molecular weight is 203 g/mol.